The molecule has 0 aliphatic heterocycles. The number of rotatable bonds is 4. The zero-order valence-electron chi connectivity index (χ0n) is 9.80. The number of hydrogen-bond donors (Lipinski definition) is 1. The van der Waals surface area contributed by atoms with E-state index in [0.717, 1.165) is 6.26 Å². The van der Waals surface area contributed by atoms with Crippen LogP contribution in [0.1, 0.15) is 24.2 Å². The number of benzene rings is 1. The first-order valence-electron chi connectivity index (χ1n) is 4.96. The lowest BCUT2D eigenvalue weighted by Crippen LogP contribution is -2.13. The van der Waals surface area contributed by atoms with E-state index >= 15 is 0 Å². The lowest BCUT2D eigenvalue weighted by molar-refractivity contribution is 0.0691. The van der Waals surface area contributed by atoms with Gasteiger partial charge in [-0.2, -0.15) is 0 Å². The van der Waals surface area contributed by atoms with Crippen LogP contribution < -0.4 is 4.74 Å². The Morgan fingerprint density at radius 3 is 2.35 bits per heavy atom. The zero-order chi connectivity index (χ0) is 13.2. The molecule has 0 aliphatic carbocycles. The van der Waals surface area contributed by atoms with Gasteiger partial charge in [-0.3, -0.25) is 0 Å². The average molecular weight is 258 g/mol. The molecule has 0 amide bonds. The van der Waals surface area contributed by atoms with E-state index in [1.54, 1.807) is 13.8 Å². The van der Waals surface area contributed by atoms with E-state index in [0.29, 0.717) is 0 Å². The van der Waals surface area contributed by atoms with Crippen LogP contribution in [0.25, 0.3) is 0 Å². The summed E-state index contributed by atoms with van der Waals surface area (Å²) in [5.41, 5.74) is -0.273. The van der Waals surface area contributed by atoms with Crippen molar-refractivity contribution in [3.63, 3.8) is 0 Å². The van der Waals surface area contributed by atoms with Gasteiger partial charge in [-0.15, -0.1) is 0 Å². The summed E-state index contributed by atoms with van der Waals surface area (Å²) in [5, 5.41) is 8.97. The fourth-order valence-corrected chi connectivity index (χ4v) is 2.45. The van der Waals surface area contributed by atoms with Crippen LogP contribution in [0, 0.1) is 0 Å². The van der Waals surface area contributed by atoms with Crippen molar-refractivity contribution < 1.29 is 23.1 Å². The highest BCUT2D eigenvalue weighted by atomic mass is 32.2. The fourth-order valence-electron chi connectivity index (χ4n) is 1.41. The first-order chi connectivity index (χ1) is 7.73. The molecule has 0 unspecified atom stereocenters. The molecular weight excluding hydrogens is 244 g/mol. The first-order valence-corrected chi connectivity index (χ1v) is 6.85. The summed E-state index contributed by atoms with van der Waals surface area (Å²) < 4.78 is 28.6. The van der Waals surface area contributed by atoms with Crippen LogP contribution in [0.4, 0.5) is 0 Å². The van der Waals surface area contributed by atoms with Crippen LogP contribution in [0.2, 0.25) is 0 Å². The number of carboxylic acids is 1. The number of hydrogen-bond acceptors (Lipinski definition) is 4. The van der Waals surface area contributed by atoms with Gasteiger partial charge in [0.1, 0.15) is 10.6 Å². The van der Waals surface area contributed by atoms with Gasteiger partial charge in [-0.05, 0) is 26.0 Å². The molecule has 1 N–H and O–H groups in total. The maximum absolute atomic E-state index is 11.6. The van der Waals surface area contributed by atoms with Gasteiger partial charge in [-0.1, -0.05) is 6.07 Å². The maximum Gasteiger partial charge on any atom is 0.337 e. The van der Waals surface area contributed by atoms with Crippen LogP contribution in [0.5, 0.6) is 5.75 Å². The molecule has 0 radical (unpaired) electrons. The summed E-state index contributed by atoms with van der Waals surface area (Å²) in [5.74, 6) is -1.22. The van der Waals surface area contributed by atoms with Gasteiger partial charge in [0.05, 0.1) is 11.7 Å². The topological polar surface area (TPSA) is 80.7 Å². The smallest absolute Gasteiger partial charge is 0.337 e. The third-order valence-corrected chi connectivity index (χ3v) is 3.11. The number of carbonyl (C=O) groups is 1. The van der Waals surface area contributed by atoms with Crippen molar-refractivity contribution >= 4 is 15.8 Å². The molecule has 0 saturated carbocycles. The second-order valence-corrected chi connectivity index (χ2v) is 5.83. The van der Waals surface area contributed by atoms with Crippen molar-refractivity contribution in [3.8, 4) is 5.75 Å². The molecule has 0 aromatic heterocycles. The molecule has 94 valence electrons. The van der Waals surface area contributed by atoms with E-state index in [4.69, 9.17) is 9.84 Å². The van der Waals surface area contributed by atoms with Gasteiger partial charge in [0.25, 0.3) is 0 Å². The second-order valence-electron chi connectivity index (χ2n) is 3.88. The van der Waals surface area contributed by atoms with Crippen LogP contribution in [0.3, 0.4) is 0 Å². The zero-order valence-corrected chi connectivity index (χ0v) is 10.6. The van der Waals surface area contributed by atoms with Gasteiger partial charge < -0.3 is 9.84 Å². The average Bonchev–Trinajstić information content (AvgIpc) is 2.14. The molecule has 6 heteroatoms. The van der Waals surface area contributed by atoms with E-state index in [2.05, 4.69) is 0 Å². The second kappa shape index (κ2) is 4.75. The molecule has 0 spiro atoms. The normalized spacial score (nSPS) is 11.5. The molecule has 0 bridgehead atoms. The Morgan fingerprint density at radius 1 is 1.35 bits per heavy atom. The van der Waals surface area contributed by atoms with E-state index < -0.39 is 15.8 Å². The van der Waals surface area contributed by atoms with Crippen molar-refractivity contribution in [1.29, 1.82) is 0 Å². The molecule has 1 rings (SSSR count). The summed E-state index contributed by atoms with van der Waals surface area (Å²) in [4.78, 5) is 10.7. The lowest BCUT2D eigenvalue weighted by Gasteiger charge is -2.14. The molecule has 0 atom stereocenters. The molecule has 1 aromatic carbocycles. The van der Waals surface area contributed by atoms with E-state index in [1.165, 1.54) is 18.2 Å². The van der Waals surface area contributed by atoms with Crippen LogP contribution in [-0.4, -0.2) is 31.9 Å². The molecule has 5 nitrogen and oxygen atoms in total. The Morgan fingerprint density at radius 2 is 1.94 bits per heavy atom. The summed E-state index contributed by atoms with van der Waals surface area (Å²) in [6.45, 7) is 3.47. The van der Waals surface area contributed by atoms with E-state index in [-0.39, 0.29) is 22.3 Å². The van der Waals surface area contributed by atoms with Crippen molar-refractivity contribution in [2.75, 3.05) is 6.26 Å². The van der Waals surface area contributed by atoms with Gasteiger partial charge in [0.15, 0.2) is 9.84 Å². The quantitative estimate of drug-likeness (QED) is 0.886. The molecular formula is C11H14O5S. The van der Waals surface area contributed by atoms with Gasteiger partial charge >= 0.3 is 5.97 Å². The highest BCUT2D eigenvalue weighted by Gasteiger charge is 2.23. The minimum Gasteiger partial charge on any atom is -0.490 e. The molecule has 0 saturated heterocycles. The first kappa shape index (κ1) is 13.5. The molecule has 17 heavy (non-hydrogen) atoms. The Kier molecular flexibility index (Phi) is 3.77. The van der Waals surface area contributed by atoms with Crippen molar-refractivity contribution in [3.05, 3.63) is 23.8 Å². The summed E-state index contributed by atoms with van der Waals surface area (Å²) in [7, 11) is -3.66. The van der Waals surface area contributed by atoms with Gasteiger partial charge in [0, 0.05) is 6.26 Å². The SMILES string of the molecule is CC(C)Oc1cccc(C(=O)O)c1S(C)(=O)=O. The third-order valence-electron chi connectivity index (χ3n) is 1.94. The van der Waals surface area contributed by atoms with Crippen molar-refractivity contribution in [1.82, 2.24) is 0 Å². The van der Waals surface area contributed by atoms with E-state index in [1.807, 2.05) is 0 Å². The Balaban J connectivity index is 3.51. The summed E-state index contributed by atoms with van der Waals surface area (Å²) in [6, 6.07) is 4.14. The van der Waals surface area contributed by atoms with Crippen LogP contribution in [-0.2, 0) is 9.84 Å². The van der Waals surface area contributed by atoms with Crippen molar-refractivity contribution in [2.24, 2.45) is 0 Å². The third kappa shape index (κ3) is 3.20. The van der Waals surface area contributed by atoms with Crippen LogP contribution >= 0.6 is 0 Å². The minimum absolute atomic E-state index is 0.0717. The minimum atomic E-state index is -3.66. The van der Waals surface area contributed by atoms with Crippen molar-refractivity contribution in [2.45, 2.75) is 24.8 Å². The largest absolute Gasteiger partial charge is 0.490 e. The number of carboxylic acid groups (broad SMARTS) is 1. The number of aromatic carboxylic acids is 1. The highest BCUT2D eigenvalue weighted by molar-refractivity contribution is 7.90. The highest BCUT2D eigenvalue weighted by Crippen LogP contribution is 2.28. The summed E-state index contributed by atoms with van der Waals surface area (Å²) in [6.07, 6.45) is 0.724. The monoisotopic (exact) mass is 258 g/mol. The molecule has 0 aliphatic rings. The number of sulfone groups is 1. The predicted molar refractivity (Wildman–Crippen MR) is 62.3 cm³/mol. The van der Waals surface area contributed by atoms with Gasteiger partial charge in [0.2, 0.25) is 0 Å². The molecule has 0 fully saturated rings. The number of ether oxygens (including phenoxy) is 1. The molecule has 0 heterocycles. The fraction of sp³-hybridized carbons (Fsp3) is 0.364. The molecule has 1 aromatic rings. The standard InChI is InChI=1S/C11H14O5S/c1-7(2)16-9-6-4-5-8(11(12)13)10(9)17(3,14)15/h4-7H,1-3H3,(H,12,13). The summed E-state index contributed by atoms with van der Waals surface area (Å²) >= 11 is 0. The van der Waals surface area contributed by atoms with Gasteiger partial charge in [-0.25, -0.2) is 13.2 Å². The lowest BCUT2D eigenvalue weighted by atomic mass is 10.2. The maximum atomic E-state index is 11.6. The Bertz CT molecular complexity index is 531. The Labute approximate surface area is 100.0 Å². The van der Waals surface area contributed by atoms with Crippen LogP contribution in [0.15, 0.2) is 23.1 Å². The van der Waals surface area contributed by atoms with E-state index in [9.17, 15) is 13.2 Å². The Hall–Kier alpha value is -1.56. The predicted octanol–water partition coefficient (Wildman–Crippen LogP) is 1.58.